The molecule has 5 heteroatoms. The maximum absolute atomic E-state index is 13.6. The summed E-state index contributed by atoms with van der Waals surface area (Å²) in [4.78, 5) is -0.0509. The van der Waals surface area contributed by atoms with E-state index in [4.69, 9.17) is 16.0 Å². The van der Waals surface area contributed by atoms with Crippen LogP contribution in [-0.4, -0.2) is 0 Å². The molecule has 0 aliphatic carbocycles. The number of hydrogen-bond acceptors (Lipinski definition) is 1. The van der Waals surface area contributed by atoms with Crippen molar-refractivity contribution in [3.8, 4) is 0 Å². The van der Waals surface area contributed by atoms with Crippen LogP contribution in [0.25, 0.3) is 0 Å². The molecule has 0 radical (unpaired) electrons. The Hall–Kier alpha value is -0.320. The normalized spacial score (nSPS) is 12.7. The Kier molecular flexibility index (Phi) is 4.28. The summed E-state index contributed by atoms with van der Waals surface area (Å²) in [7, 11) is 0. The molecule has 2 rings (SSSR count). The standard InChI is InChI=1S/C12H8Br2ClFO/c13-9(7-4-5-17-12(7)14)6-8-10(15)2-1-3-11(8)16/h1-5,9H,6H2. The Labute approximate surface area is 120 Å². The second-order valence-corrected chi connectivity index (χ2v) is 5.75. The summed E-state index contributed by atoms with van der Waals surface area (Å²) < 4.78 is 19.4. The number of furan rings is 1. The van der Waals surface area contributed by atoms with E-state index in [1.807, 2.05) is 6.07 Å². The van der Waals surface area contributed by atoms with Gasteiger partial charge in [0.25, 0.3) is 0 Å². The smallest absolute Gasteiger partial charge is 0.173 e. The van der Waals surface area contributed by atoms with Crippen molar-refractivity contribution in [2.24, 2.45) is 0 Å². The highest BCUT2D eigenvalue weighted by Crippen LogP contribution is 2.35. The molecular formula is C12H8Br2ClFO. The van der Waals surface area contributed by atoms with E-state index in [2.05, 4.69) is 31.9 Å². The molecule has 0 amide bonds. The largest absolute Gasteiger partial charge is 0.457 e. The average Bonchev–Trinajstić information content (AvgIpc) is 2.70. The van der Waals surface area contributed by atoms with Crippen LogP contribution in [0.1, 0.15) is 16.0 Å². The predicted molar refractivity (Wildman–Crippen MR) is 73.2 cm³/mol. The third-order valence-corrected chi connectivity index (χ3v) is 4.24. The minimum Gasteiger partial charge on any atom is -0.457 e. The van der Waals surface area contributed by atoms with Gasteiger partial charge in [-0.2, -0.15) is 0 Å². The van der Waals surface area contributed by atoms with Crippen molar-refractivity contribution in [1.82, 2.24) is 0 Å². The zero-order valence-electron chi connectivity index (χ0n) is 8.59. The van der Waals surface area contributed by atoms with E-state index in [1.54, 1.807) is 18.4 Å². The molecule has 1 aromatic carbocycles. The van der Waals surface area contributed by atoms with Gasteiger partial charge >= 0.3 is 0 Å². The summed E-state index contributed by atoms with van der Waals surface area (Å²) in [5.74, 6) is -0.290. The van der Waals surface area contributed by atoms with Gasteiger partial charge in [-0.25, -0.2) is 4.39 Å². The second-order valence-electron chi connectivity index (χ2n) is 3.52. The molecule has 2 aromatic rings. The van der Waals surface area contributed by atoms with Crippen LogP contribution in [-0.2, 0) is 6.42 Å². The minimum absolute atomic E-state index is 0.0509. The van der Waals surface area contributed by atoms with Gasteiger partial charge in [0.05, 0.1) is 6.26 Å². The Morgan fingerprint density at radius 2 is 2.12 bits per heavy atom. The molecule has 0 bridgehead atoms. The number of benzene rings is 1. The van der Waals surface area contributed by atoms with Crippen LogP contribution in [0.5, 0.6) is 0 Å². The molecule has 90 valence electrons. The van der Waals surface area contributed by atoms with Crippen molar-refractivity contribution >= 4 is 43.5 Å². The molecule has 0 spiro atoms. The lowest BCUT2D eigenvalue weighted by molar-refractivity contribution is 0.536. The monoisotopic (exact) mass is 380 g/mol. The predicted octanol–water partition coefficient (Wildman–Crippen LogP) is 5.51. The van der Waals surface area contributed by atoms with Crippen molar-refractivity contribution in [3.05, 3.63) is 57.2 Å². The number of alkyl halides is 1. The summed E-state index contributed by atoms with van der Waals surface area (Å²) in [6.07, 6.45) is 2.04. The summed E-state index contributed by atoms with van der Waals surface area (Å²) >= 11 is 12.8. The first-order valence-corrected chi connectivity index (χ1v) is 6.98. The van der Waals surface area contributed by atoms with E-state index in [0.717, 1.165) is 5.56 Å². The average molecular weight is 382 g/mol. The van der Waals surface area contributed by atoms with Crippen LogP contribution >= 0.6 is 43.5 Å². The van der Waals surface area contributed by atoms with Crippen LogP contribution in [0.4, 0.5) is 4.39 Å². The van der Waals surface area contributed by atoms with Gasteiger partial charge < -0.3 is 4.42 Å². The van der Waals surface area contributed by atoms with Crippen LogP contribution in [0.15, 0.2) is 39.6 Å². The molecule has 0 saturated carbocycles. The van der Waals surface area contributed by atoms with Gasteiger partial charge in [-0.05, 0) is 40.5 Å². The Bertz CT molecular complexity index is 507. The summed E-state index contributed by atoms with van der Waals surface area (Å²) in [6, 6.07) is 6.52. The van der Waals surface area contributed by atoms with Crippen LogP contribution in [0, 0.1) is 5.82 Å². The molecule has 17 heavy (non-hydrogen) atoms. The number of halogens is 4. The maximum atomic E-state index is 13.6. The molecule has 1 heterocycles. The zero-order chi connectivity index (χ0) is 12.4. The third kappa shape index (κ3) is 2.92. The van der Waals surface area contributed by atoms with Crippen molar-refractivity contribution in [1.29, 1.82) is 0 Å². The van der Waals surface area contributed by atoms with Crippen LogP contribution in [0.3, 0.4) is 0 Å². The van der Waals surface area contributed by atoms with Crippen molar-refractivity contribution < 1.29 is 8.81 Å². The van der Waals surface area contributed by atoms with Gasteiger partial charge in [0.2, 0.25) is 0 Å². The lowest BCUT2D eigenvalue weighted by Crippen LogP contribution is -1.98. The molecule has 0 N–H and O–H groups in total. The molecular weight excluding hydrogens is 374 g/mol. The van der Waals surface area contributed by atoms with Gasteiger partial charge in [0, 0.05) is 21.0 Å². The highest BCUT2D eigenvalue weighted by atomic mass is 79.9. The van der Waals surface area contributed by atoms with Gasteiger partial charge in [0.1, 0.15) is 5.82 Å². The van der Waals surface area contributed by atoms with E-state index in [-0.39, 0.29) is 10.6 Å². The summed E-state index contributed by atoms with van der Waals surface area (Å²) in [5, 5.41) is 0.439. The summed E-state index contributed by atoms with van der Waals surface area (Å²) in [6.45, 7) is 0. The van der Waals surface area contributed by atoms with E-state index >= 15 is 0 Å². The Morgan fingerprint density at radius 3 is 2.71 bits per heavy atom. The molecule has 1 atom stereocenters. The quantitative estimate of drug-likeness (QED) is 0.638. The van der Waals surface area contributed by atoms with E-state index in [1.165, 1.54) is 6.07 Å². The first-order valence-electron chi connectivity index (χ1n) is 4.89. The van der Waals surface area contributed by atoms with E-state index in [0.29, 0.717) is 21.7 Å². The fourth-order valence-electron chi connectivity index (χ4n) is 1.54. The molecule has 0 saturated heterocycles. The Morgan fingerprint density at radius 1 is 1.35 bits per heavy atom. The first-order chi connectivity index (χ1) is 8.09. The van der Waals surface area contributed by atoms with Crippen molar-refractivity contribution in [3.63, 3.8) is 0 Å². The van der Waals surface area contributed by atoms with Crippen molar-refractivity contribution in [2.75, 3.05) is 0 Å². The molecule has 0 aliphatic rings. The number of rotatable bonds is 3. The topological polar surface area (TPSA) is 13.1 Å². The molecule has 0 fully saturated rings. The fraction of sp³-hybridized carbons (Fsp3) is 0.167. The molecule has 1 unspecified atom stereocenters. The highest BCUT2D eigenvalue weighted by molar-refractivity contribution is 9.10. The molecule has 1 aromatic heterocycles. The van der Waals surface area contributed by atoms with Gasteiger partial charge in [-0.15, -0.1) is 0 Å². The van der Waals surface area contributed by atoms with Gasteiger partial charge in [-0.1, -0.05) is 33.6 Å². The highest BCUT2D eigenvalue weighted by Gasteiger charge is 2.17. The van der Waals surface area contributed by atoms with E-state index in [9.17, 15) is 4.39 Å². The lowest BCUT2D eigenvalue weighted by atomic mass is 10.1. The second kappa shape index (κ2) is 5.55. The van der Waals surface area contributed by atoms with Crippen LogP contribution < -0.4 is 0 Å². The van der Waals surface area contributed by atoms with Gasteiger partial charge in [-0.3, -0.25) is 0 Å². The lowest BCUT2D eigenvalue weighted by Gasteiger charge is -2.10. The Balaban J connectivity index is 2.25. The fourth-order valence-corrected chi connectivity index (χ4v) is 3.29. The van der Waals surface area contributed by atoms with Gasteiger partial charge in [0.15, 0.2) is 4.67 Å². The zero-order valence-corrected chi connectivity index (χ0v) is 12.5. The summed E-state index contributed by atoms with van der Waals surface area (Å²) in [5.41, 5.74) is 1.44. The molecule has 1 nitrogen and oxygen atoms in total. The first kappa shape index (κ1) is 13.1. The SMILES string of the molecule is Fc1cccc(Cl)c1CC(Br)c1ccoc1Br. The van der Waals surface area contributed by atoms with E-state index < -0.39 is 0 Å². The maximum Gasteiger partial charge on any atom is 0.173 e. The third-order valence-electron chi connectivity index (χ3n) is 2.43. The van der Waals surface area contributed by atoms with Crippen LogP contribution in [0.2, 0.25) is 5.02 Å². The number of hydrogen-bond donors (Lipinski definition) is 0. The molecule has 0 aliphatic heterocycles. The minimum atomic E-state index is -0.290. The van der Waals surface area contributed by atoms with Crippen molar-refractivity contribution in [2.45, 2.75) is 11.2 Å².